The molecule has 1 N–H and O–H groups in total. The highest BCUT2D eigenvalue weighted by atomic mass is 35.5. The van der Waals surface area contributed by atoms with E-state index in [9.17, 15) is 9.59 Å². The number of nitrogens with one attached hydrogen (secondary N) is 1. The van der Waals surface area contributed by atoms with Crippen LogP contribution in [0.4, 0.5) is 11.4 Å². The Morgan fingerprint density at radius 3 is 2.03 bits per heavy atom. The number of rotatable bonds is 4. The van der Waals surface area contributed by atoms with Gasteiger partial charge in [-0.15, -0.1) is 0 Å². The molecular formula is C26H26ClN3O2. The van der Waals surface area contributed by atoms with Crippen LogP contribution < -0.4 is 10.2 Å². The summed E-state index contributed by atoms with van der Waals surface area (Å²) in [6.07, 6.45) is 0. The zero-order valence-electron chi connectivity index (χ0n) is 18.3. The third-order valence-electron chi connectivity index (χ3n) is 5.92. The van der Waals surface area contributed by atoms with Crippen LogP contribution >= 0.6 is 11.6 Å². The molecule has 0 saturated carbocycles. The van der Waals surface area contributed by atoms with Gasteiger partial charge in [-0.2, -0.15) is 0 Å². The lowest BCUT2D eigenvalue weighted by atomic mass is 10.1. The summed E-state index contributed by atoms with van der Waals surface area (Å²) in [6, 6.07) is 20.6. The van der Waals surface area contributed by atoms with E-state index in [1.807, 2.05) is 61.2 Å². The van der Waals surface area contributed by atoms with Crippen molar-refractivity contribution in [3.8, 4) is 0 Å². The summed E-state index contributed by atoms with van der Waals surface area (Å²) in [4.78, 5) is 29.3. The first kappa shape index (κ1) is 21.9. The standard InChI is InChI=1S/C26H26ClN3O2/c1-18-3-4-21(17-19(18)2)25(31)28-23-9-11-24(12-10-23)29-13-15-30(16-14-29)26(32)20-5-7-22(27)8-6-20/h3-12,17H,13-16H2,1-2H3,(H,28,31). The zero-order chi connectivity index (χ0) is 22.7. The highest BCUT2D eigenvalue weighted by molar-refractivity contribution is 6.30. The fourth-order valence-electron chi connectivity index (χ4n) is 3.78. The fourth-order valence-corrected chi connectivity index (χ4v) is 3.91. The van der Waals surface area contributed by atoms with Crippen LogP contribution in [0, 0.1) is 13.8 Å². The summed E-state index contributed by atoms with van der Waals surface area (Å²) in [5.41, 5.74) is 5.41. The molecule has 0 unspecified atom stereocenters. The summed E-state index contributed by atoms with van der Waals surface area (Å²) in [6.45, 7) is 6.87. The second kappa shape index (κ2) is 9.45. The second-order valence-corrected chi connectivity index (χ2v) is 8.52. The van der Waals surface area contributed by atoms with Gasteiger partial charge in [0.2, 0.25) is 0 Å². The number of carbonyl (C=O) groups excluding carboxylic acids is 2. The van der Waals surface area contributed by atoms with Gasteiger partial charge in [0.05, 0.1) is 0 Å². The number of hydrogen-bond donors (Lipinski definition) is 1. The Bertz CT molecular complexity index is 1120. The van der Waals surface area contributed by atoms with Gasteiger partial charge in [-0.1, -0.05) is 17.7 Å². The molecule has 0 aliphatic carbocycles. The molecule has 1 fully saturated rings. The van der Waals surface area contributed by atoms with E-state index < -0.39 is 0 Å². The Labute approximate surface area is 193 Å². The largest absolute Gasteiger partial charge is 0.368 e. The monoisotopic (exact) mass is 447 g/mol. The number of hydrogen-bond acceptors (Lipinski definition) is 3. The molecule has 1 saturated heterocycles. The van der Waals surface area contributed by atoms with Crippen molar-refractivity contribution in [2.45, 2.75) is 13.8 Å². The summed E-state index contributed by atoms with van der Waals surface area (Å²) in [5, 5.41) is 3.58. The highest BCUT2D eigenvalue weighted by Gasteiger charge is 2.22. The van der Waals surface area contributed by atoms with E-state index in [1.54, 1.807) is 24.3 Å². The van der Waals surface area contributed by atoms with E-state index in [-0.39, 0.29) is 11.8 Å². The van der Waals surface area contributed by atoms with E-state index >= 15 is 0 Å². The molecule has 1 heterocycles. The van der Waals surface area contributed by atoms with Crippen LogP contribution in [-0.2, 0) is 0 Å². The van der Waals surface area contributed by atoms with Crippen molar-refractivity contribution < 1.29 is 9.59 Å². The molecule has 0 aromatic heterocycles. The van der Waals surface area contributed by atoms with E-state index in [4.69, 9.17) is 11.6 Å². The van der Waals surface area contributed by atoms with Crippen LogP contribution in [0.15, 0.2) is 66.7 Å². The topological polar surface area (TPSA) is 52.7 Å². The maximum atomic E-state index is 12.7. The Hall–Kier alpha value is -3.31. The van der Waals surface area contributed by atoms with Crippen molar-refractivity contribution in [1.82, 2.24) is 4.90 Å². The van der Waals surface area contributed by atoms with Gasteiger partial charge in [0, 0.05) is 53.7 Å². The molecule has 164 valence electrons. The molecule has 0 bridgehead atoms. The lowest BCUT2D eigenvalue weighted by molar-refractivity contribution is 0.0746. The first-order valence-corrected chi connectivity index (χ1v) is 11.1. The number of piperazine rings is 1. The summed E-state index contributed by atoms with van der Waals surface area (Å²) in [7, 11) is 0. The lowest BCUT2D eigenvalue weighted by Crippen LogP contribution is -2.48. The highest BCUT2D eigenvalue weighted by Crippen LogP contribution is 2.21. The van der Waals surface area contributed by atoms with Crippen molar-refractivity contribution in [1.29, 1.82) is 0 Å². The summed E-state index contributed by atoms with van der Waals surface area (Å²) >= 11 is 5.92. The van der Waals surface area contributed by atoms with Crippen molar-refractivity contribution in [2.24, 2.45) is 0 Å². The maximum Gasteiger partial charge on any atom is 0.255 e. The molecule has 6 heteroatoms. The van der Waals surface area contributed by atoms with Gasteiger partial charge in [-0.3, -0.25) is 9.59 Å². The number of aryl methyl sites for hydroxylation is 2. The van der Waals surface area contributed by atoms with E-state index in [0.717, 1.165) is 30.0 Å². The molecule has 32 heavy (non-hydrogen) atoms. The van der Waals surface area contributed by atoms with Gasteiger partial charge in [0.1, 0.15) is 0 Å². The zero-order valence-corrected chi connectivity index (χ0v) is 19.0. The first-order valence-electron chi connectivity index (χ1n) is 10.7. The molecule has 2 amide bonds. The molecule has 3 aromatic rings. The molecule has 0 spiro atoms. The van der Waals surface area contributed by atoms with Gasteiger partial charge in [0.15, 0.2) is 0 Å². The van der Waals surface area contributed by atoms with Gasteiger partial charge in [0.25, 0.3) is 11.8 Å². The predicted octanol–water partition coefficient (Wildman–Crippen LogP) is 5.17. The third kappa shape index (κ3) is 4.94. The summed E-state index contributed by atoms with van der Waals surface area (Å²) in [5.74, 6) is -0.0825. The van der Waals surface area contributed by atoms with E-state index in [0.29, 0.717) is 29.2 Å². The number of nitrogens with zero attached hydrogens (tertiary/aromatic N) is 2. The normalized spacial score (nSPS) is 13.7. The lowest BCUT2D eigenvalue weighted by Gasteiger charge is -2.36. The number of anilines is 2. The molecule has 0 atom stereocenters. The Kier molecular flexibility index (Phi) is 6.47. The number of carbonyl (C=O) groups is 2. The molecule has 1 aliphatic rings. The minimum absolute atomic E-state index is 0.0331. The maximum absolute atomic E-state index is 12.7. The van der Waals surface area contributed by atoms with Crippen molar-refractivity contribution >= 4 is 34.8 Å². The molecule has 4 rings (SSSR count). The average Bonchev–Trinajstić information content (AvgIpc) is 2.81. The van der Waals surface area contributed by atoms with E-state index in [1.165, 1.54) is 5.56 Å². The van der Waals surface area contributed by atoms with Crippen LogP contribution in [0.3, 0.4) is 0 Å². The van der Waals surface area contributed by atoms with Gasteiger partial charge < -0.3 is 15.1 Å². The minimum atomic E-state index is -0.116. The molecule has 5 nitrogen and oxygen atoms in total. The van der Waals surface area contributed by atoms with Crippen molar-refractivity contribution in [2.75, 3.05) is 36.4 Å². The number of amides is 2. The summed E-state index contributed by atoms with van der Waals surface area (Å²) < 4.78 is 0. The van der Waals surface area contributed by atoms with Crippen LogP contribution in [0.5, 0.6) is 0 Å². The van der Waals surface area contributed by atoms with E-state index in [2.05, 4.69) is 10.2 Å². The van der Waals surface area contributed by atoms with Gasteiger partial charge in [-0.25, -0.2) is 0 Å². The Morgan fingerprint density at radius 2 is 1.41 bits per heavy atom. The van der Waals surface area contributed by atoms with Crippen molar-refractivity contribution in [3.63, 3.8) is 0 Å². The molecule has 0 radical (unpaired) electrons. The first-order chi connectivity index (χ1) is 15.4. The average molecular weight is 448 g/mol. The van der Waals surface area contributed by atoms with Crippen molar-refractivity contribution in [3.05, 3.63) is 94.0 Å². The quantitative estimate of drug-likeness (QED) is 0.600. The SMILES string of the molecule is Cc1ccc(C(=O)Nc2ccc(N3CCN(C(=O)c4ccc(Cl)cc4)CC3)cc2)cc1C. The molecular weight excluding hydrogens is 422 g/mol. The van der Waals surface area contributed by atoms with Crippen LogP contribution in [-0.4, -0.2) is 42.9 Å². The number of benzene rings is 3. The molecule has 3 aromatic carbocycles. The minimum Gasteiger partial charge on any atom is -0.368 e. The third-order valence-corrected chi connectivity index (χ3v) is 6.17. The Morgan fingerprint density at radius 1 is 0.781 bits per heavy atom. The second-order valence-electron chi connectivity index (χ2n) is 8.09. The smallest absolute Gasteiger partial charge is 0.255 e. The Balaban J connectivity index is 1.33. The fraction of sp³-hybridized carbons (Fsp3) is 0.231. The number of halogens is 1. The van der Waals surface area contributed by atoms with Crippen LogP contribution in [0.25, 0.3) is 0 Å². The van der Waals surface area contributed by atoms with Gasteiger partial charge >= 0.3 is 0 Å². The van der Waals surface area contributed by atoms with Gasteiger partial charge in [-0.05, 0) is 85.6 Å². The predicted molar refractivity (Wildman–Crippen MR) is 130 cm³/mol. The van der Waals surface area contributed by atoms with Crippen LogP contribution in [0.2, 0.25) is 5.02 Å². The van der Waals surface area contributed by atoms with Crippen LogP contribution in [0.1, 0.15) is 31.8 Å². The molecule has 1 aliphatic heterocycles.